The molecule has 2 nitrogen and oxygen atoms in total. The second kappa shape index (κ2) is 6.50. The van der Waals surface area contributed by atoms with Crippen LogP contribution in [-0.2, 0) is 0 Å². The molecule has 0 spiro atoms. The minimum absolute atomic E-state index is 0.187. The highest BCUT2D eigenvalue weighted by atomic mass is 19.1. The minimum atomic E-state index is -0.370. The van der Waals surface area contributed by atoms with E-state index in [1.54, 1.807) is 6.07 Å². The number of amides is 1. The van der Waals surface area contributed by atoms with Gasteiger partial charge >= 0.3 is 0 Å². The van der Waals surface area contributed by atoms with Gasteiger partial charge in [0.25, 0.3) is 5.91 Å². The van der Waals surface area contributed by atoms with E-state index in [2.05, 4.69) is 11.4 Å². The number of hydrogen-bond donors (Lipinski definition) is 1. The normalized spacial score (nSPS) is 14.9. The van der Waals surface area contributed by atoms with E-state index in [0.717, 1.165) is 24.8 Å². The number of allylic oxidation sites excluding steroid dienone is 1. The van der Waals surface area contributed by atoms with Crippen LogP contribution < -0.4 is 5.32 Å². The summed E-state index contributed by atoms with van der Waals surface area (Å²) in [5.74, 6) is -0.556. The quantitative estimate of drug-likeness (QED) is 0.822. The number of halogens is 1. The van der Waals surface area contributed by atoms with Crippen molar-refractivity contribution in [2.45, 2.75) is 39.0 Å². The maximum atomic E-state index is 13.1. The Labute approximate surface area is 113 Å². The summed E-state index contributed by atoms with van der Waals surface area (Å²) in [5, 5.41) is 2.87. The molecule has 1 N–H and O–H groups in total. The summed E-state index contributed by atoms with van der Waals surface area (Å²) in [6.07, 6.45) is 8.02. The van der Waals surface area contributed by atoms with Crippen LogP contribution in [0.1, 0.15) is 48.0 Å². The summed E-state index contributed by atoms with van der Waals surface area (Å²) in [6.45, 7) is 2.44. The largest absolute Gasteiger partial charge is 0.352 e. The van der Waals surface area contributed by atoms with Crippen molar-refractivity contribution in [3.63, 3.8) is 0 Å². The van der Waals surface area contributed by atoms with Crippen LogP contribution in [0.5, 0.6) is 0 Å². The fourth-order valence-electron chi connectivity index (χ4n) is 2.40. The van der Waals surface area contributed by atoms with Gasteiger partial charge in [-0.1, -0.05) is 17.7 Å². The number of carbonyl (C=O) groups excluding carboxylic acids is 1. The lowest BCUT2D eigenvalue weighted by atomic mass is 9.97. The summed E-state index contributed by atoms with van der Waals surface area (Å²) in [7, 11) is 0. The molecular weight excluding hydrogens is 241 g/mol. The molecule has 102 valence electrons. The van der Waals surface area contributed by atoms with Gasteiger partial charge in [-0.3, -0.25) is 4.79 Å². The van der Waals surface area contributed by atoms with Gasteiger partial charge in [-0.15, -0.1) is 0 Å². The first-order valence-electron chi connectivity index (χ1n) is 6.89. The van der Waals surface area contributed by atoms with E-state index >= 15 is 0 Å². The molecule has 0 saturated heterocycles. The average Bonchev–Trinajstić information content (AvgIpc) is 2.42. The van der Waals surface area contributed by atoms with Crippen LogP contribution in [0.4, 0.5) is 4.39 Å². The number of rotatable bonds is 4. The van der Waals surface area contributed by atoms with Crippen molar-refractivity contribution < 1.29 is 9.18 Å². The number of nitrogens with one attached hydrogen (secondary N) is 1. The number of benzene rings is 1. The van der Waals surface area contributed by atoms with Gasteiger partial charge < -0.3 is 5.32 Å². The highest BCUT2D eigenvalue weighted by Crippen LogP contribution is 2.19. The van der Waals surface area contributed by atoms with Gasteiger partial charge in [0.2, 0.25) is 0 Å². The van der Waals surface area contributed by atoms with Crippen molar-refractivity contribution in [2.24, 2.45) is 0 Å². The summed E-state index contributed by atoms with van der Waals surface area (Å²) < 4.78 is 13.1. The molecule has 0 unspecified atom stereocenters. The predicted molar refractivity (Wildman–Crippen MR) is 74.6 cm³/mol. The monoisotopic (exact) mass is 261 g/mol. The third-order valence-electron chi connectivity index (χ3n) is 3.56. The molecular formula is C16H20FNO. The van der Waals surface area contributed by atoms with E-state index in [4.69, 9.17) is 0 Å². The first-order valence-corrected chi connectivity index (χ1v) is 6.89. The maximum absolute atomic E-state index is 13.1. The Morgan fingerprint density at radius 1 is 1.37 bits per heavy atom. The molecule has 1 aliphatic carbocycles. The van der Waals surface area contributed by atoms with Crippen LogP contribution in [0.3, 0.4) is 0 Å². The van der Waals surface area contributed by atoms with Gasteiger partial charge in [-0.2, -0.15) is 0 Å². The fourth-order valence-corrected chi connectivity index (χ4v) is 2.40. The van der Waals surface area contributed by atoms with Crippen LogP contribution in [-0.4, -0.2) is 12.5 Å². The highest BCUT2D eigenvalue weighted by molar-refractivity contribution is 5.95. The Hall–Kier alpha value is -1.64. The number of hydrogen-bond acceptors (Lipinski definition) is 1. The standard InChI is InChI=1S/C16H20FNO/c1-12-7-8-14(17)11-15(12)16(19)18-10-9-13-5-3-2-4-6-13/h5,7-8,11H,2-4,6,9-10H2,1H3,(H,18,19). The van der Waals surface area contributed by atoms with Crippen molar-refractivity contribution in [3.8, 4) is 0 Å². The second-order valence-electron chi connectivity index (χ2n) is 5.07. The summed E-state index contributed by atoms with van der Waals surface area (Å²) in [5.41, 5.74) is 2.66. The summed E-state index contributed by atoms with van der Waals surface area (Å²) in [4.78, 5) is 12.0. The molecule has 1 aliphatic rings. The van der Waals surface area contributed by atoms with Crippen LogP contribution in [0.15, 0.2) is 29.8 Å². The molecule has 1 aromatic rings. The van der Waals surface area contributed by atoms with Gasteiger partial charge in [0, 0.05) is 12.1 Å². The molecule has 1 amide bonds. The molecule has 3 heteroatoms. The average molecular weight is 261 g/mol. The van der Waals surface area contributed by atoms with Gasteiger partial charge in [0.15, 0.2) is 0 Å². The first-order chi connectivity index (χ1) is 9.16. The minimum Gasteiger partial charge on any atom is -0.352 e. The van der Waals surface area contributed by atoms with E-state index in [1.165, 1.54) is 30.5 Å². The van der Waals surface area contributed by atoms with Crippen molar-refractivity contribution in [3.05, 3.63) is 46.8 Å². The first kappa shape index (κ1) is 13.8. The van der Waals surface area contributed by atoms with Crippen molar-refractivity contribution in [1.29, 1.82) is 0 Å². The molecule has 0 aliphatic heterocycles. The lowest BCUT2D eigenvalue weighted by Crippen LogP contribution is -2.25. The second-order valence-corrected chi connectivity index (χ2v) is 5.07. The molecule has 0 aromatic heterocycles. The van der Waals surface area contributed by atoms with E-state index in [0.29, 0.717) is 12.1 Å². The molecule has 0 saturated carbocycles. The Morgan fingerprint density at radius 2 is 2.21 bits per heavy atom. The Morgan fingerprint density at radius 3 is 2.95 bits per heavy atom. The zero-order valence-electron chi connectivity index (χ0n) is 11.3. The third-order valence-corrected chi connectivity index (χ3v) is 3.56. The van der Waals surface area contributed by atoms with Crippen LogP contribution in [0, 0.1) is 12.7 Å². The number of aryl methyl sites for hydroxylation is 1. The zero-order valence-corrected chi connectivity index (χ0v) is 11.3. The molecule has 0 bridgehead atoms. The molecule has 0 atom stereocenters. The van der Waals surface area contributed by atoms with Gasteiger partial charge in [0.1, 0.15) is 5.82 Å². The maximum Gasteiger partial charge on any atom is 0.251 e. The number of carbonyl (C=O) groups is 1. The van der Waals surface area contributed by atoms with E-state index in [-0.39, 0.29) is 11.7 Å². The molecule has 1 aromatic carbocycles. The molecule has 0 fully saturated rings. The van der Waals surface area contributed by atoms with Crippen LogP contribution in [0.25, 0.3) is 0 Å². The molecule has 0 radical (unpaired) electrons. The Balaban J connectivity index is 1.87. The van der Waals surface area contributed by atoms with Crippen LogP contribution >= 0.6 is 0 Å². The van der Waals surface area contributed by atoms with Crippen molar-refractivity contribution in [2.75, 3.05) is 6.54 Å². The van der Waals surface area contributed by atoms with E-state index < -0.39 is 0 Å². The SMILES string of the molecule is Cc1ccc(F)cc1C(=O)NCCC1=CCCCC1. The van der Waals surface area contributed by atoms with Gasteiger partial charge in [-0.25, -0.2) is 4.39 Å². The Bertz CT molecular complexity index is 494. The molecule has 19 heavy (non-hydrogen) atoms. The third kappa shape index (κ3) is 3.91. The van der Waals surface area contributed by atoms with E-state index in [9.17, 15) is 9.18 Å². The van der Waals surface area contributed by atoms with E-state index in [1.807, 2.05) is 6.92 Å². The van der Waals surface area contributed by atoms with Gasteiger partial charge in [0.05, 0.1) is 0 Å². The van der Waals surface area contributed by atoms with Crippen molar-refractivity contribution in [1.82, 2.24) is 5.32 Å². The predicted octanol–water partition coefficient (Wildman–Crippen LogP) is 3.75. The van der Waals surface area contributed by atoms with Crippen LogP contribution in [0.2, 0.25) is 0 Å². The topological polar surface area (TPSA) is 29.1 Å². The molecule has 2 rings (SSSR count). The lowest BCUT2D eigenvalue weighted by molar-refractivity contribution is 0.0953. The van der Waals surface area contributed by atoms with Gasteiger partial charge in [-0.05, 0) is 56.7 Å². The smallest absolute Gasteiger partial charge is 0.251 e. The lowest BCUT2D eigenvalue weighted by Gasteiger charge is -2.13. The molecule has 0 heterocycles. The summed E-state index contributed by atoms with van der Waals surface area (Å²) in [6, 6.07) is 4.30. The highest BCUT2D eigenvalue weighted by Gasteiger charge is 2.10. The Kier molecular flexibility index (Phi) is 4.72. The van der Waals surface area contributed by atoms with Crippen molar-refractivity contribution >= 4 is 5.91 Å². The zero-order chi connectivity index (χ0) is 13.7. The summed E-state index contributed by atoms with van der Waals surface area (Å²) >= 11 is 0. The fraction of sp³-hybridized carbons (Fsp3) is 0.438.